The van der Waals surface area contributed by atoms with Gasteiger partial charge in [-0.3, -0.25) is 9.59 Å². The molecular weight excluding hydrogens is 358 g/mol. The van der Waals surface area contributed by atoms with Gasteiger partial charge in [0.2, 0.25) is 0 Å². The van der Waals surface area contributed by atoms with E-state index in [4.69, 9.17) is 0 Å². The van der Waals surface area contributed by atoms with Gasteiger partial charge in [0.05, 0.1) is 5.39 Å². The highest BCUT2D eigenvalue weighted by Crippen LogP contribution is 2.39. The lowest BCUT2D eigenvalue weighted by atomic mass is 9.76. The molecule has 1 saturated heterocycles. The highest BCUT2D eigenvalue weighted by molar-refractivity contribution is 6.07. The van der Waals surface area contributed by atoms with Crippen LogP contribution in [0, 0.1) is 0 Å². The Morgan fingerprint density at radius 2 is 1.82 bits per heavy atom. The van der Waals surface area contributed by atoms with Crippen molar-refractivity contribution >= 4 is 22.8 Å². The van der Waals surface area contributed by atoms with E-state index in [-0.39, 0.29) is 12.6 Å². The largest absolute Gasteiger partial charge is 0.326 e. The Bertz CT molecular complexity index is 1190. The predicted molar refractivity (Wildman–Crippen MR) is 100 cm³/mol. The van der Waals surface area contributed by atoms with E-state index in [1.54, 1.807) is 24.3 Å². The van der Waals surface area contributed by atoms with Gasteiger partial charge in [0.15, 0.2) is 0 Å². The minimum atomic E-state index is -1.07. The molecule has 2 aliphatic rings. The van der Waals surface area contributed by atoms with Gasteiger partial charge in [0, 0.05) is 0 Å². The van der Waals surface area contributed by atoms with Gasteiger partial charge in [-0.1, -0.05) is 41.6 Å². The van der Waals surface area contributed by atoms with Crippen molar-refractivity contribution in [1.29, 1.82) is 0 Å². The van der Waals surface area contributed by atoms with Crippen LogP contribution in [0.1, 0.15) is 24.0 Å². The number of nitrogens with zero attached hydrogens (tertiary/aromatic N) is 4. The van der Waals surface area contributed by atoms with Crippen LogP contribution < -0.4 is 10.9 Å². The molecule has 5 rings (SSSR count). The molecule has 1 aromatic heterocycles. The Hall–Kier alpha value is -3.55. The first kappa shape index (κ1) is 16.6. The number of urea groups is 1. The molecule has 3 aromatic rings. The molecular formula is C20H17N5O3. The van der Waals surface area contributed by atoms with Crippen molar-refractivity contribution in [3.05, 3.63) is 70.0 Å². The second-order valence-corrected chi connectivity index (χ2v) is 7.13. The third-order valence-corrected chi connectivity index (χ3v) is 5.56. The molecule has 1 aliphatic heterocycles. The molecule has 3 amide bonds. The second-order valence-electron chi connectivity index (χ2n) is 7.13. The van der Waals surface area contributed by atoms with Crippen molar-refractivity contribution in [2.45, 2.75) is 31.5 Å². The molecule has 0 bridgehead atoms. The fraction of sp³-hybridized carbons (Fsp3) is 0.250. The molecule has 1 atom stereocenters. The summed E-state index contributed by atoms with van der Waals surface area (Å²) in [5, 5.41) is 11.2. The van der Waals surface area contributed by atoms with Crippen LogP contribution in [0.5, 0.6) is 0 Å². The number of aromatic nitrogens is 3. The zero-order valence-electron chi connectivity index (χ0n) is 15.0. The van der Waals surface area contributed by atoms with Crippen LogP contribution in [0.4, 0.5) is 4.79 Å². The molecule has 1 fully saturated rings. The van der Waals surface area contributed by atoms with Gasteiger partial charge in [-0.15, -0.1) is 5.10 Å². The summed E-state index contributed by atoms with van der Waals surface area (Å²) in [6, 6.07) is 14.0. The SMILES string of the molecule is O=C1N[C@@]2(CCCc3ccccc32)C(=O)N1Cn1nnc2ccccc2c1=O. The standard InChI is InChI=1S/C20H17N5O3/c26-17-14-8-2-4-10-16(14)22-23-25(17)12-24-18(27)20(21-19(24)28)11-5-7-13-6-1-3-9-15(13)20/h1-4,6,8-10H,5,7,11-12H2,(H,21,28)/t20-/m1/s1. The van der Waals surface area contributed by atoms with Crippen molar-refractivity contribution in [3.63, 3.8) is 0 Å². The molecule has 0 saturated carbocycles. The Kier molecular flexibility index (Phi) is 3.55. The molecule has 1 aliphatic carbocycles. The number of fused-ring (bicyclic) bond motifs is 3. The van der Waals surface area contributed by atoms with E-state index in [1.807, 2.05) is 24.3 Å². The molecule has 140 valence electrons. The maximum Gasteiger partial charge on any atom is 0.326 e. The average molecular weight is 375 g/mol. The van der Waals surface area contributed by atoms with E-state index in [9.17, 15) is 14.4 Å². The molecule has 2 heterocycles. The van der Waals surface area contributed by atoms with Crippen molar-refractivity contribution < 1.29 is 9.59 Å². The lowest BCUT2D eigenvalue weighted by Crippen LogP contribution is -2.46. The van der Waals surface area contributed by atoms with E-state index in [2.05, 4.69) is 15.6 Å². The van der Waals surface area contributed by atoms with Gasteiger partial charge in [0.1, 0.15) is 17.7 Å². The zero-order valence-corrected chi connectivity index (χ0v) is 15.0. The molecule has 0 unspecified atom stereocenters. The number of carbonyl (C=O) groups is 2. The second kappa shape index (κ2) is 5.98. The van der Waals surface area contributed by atoms with Crippen molar-refractivity contribution in [1.82, 2.24) is 25.2 Å². The Morgan fingerprint density at radius 1 is 1.04 bits per heavy atom. The predicted octanol–water partition coefficient (Wildman–Crippen LogP) is 1.53. The summed E-state index contributed by atoms with van der Waals surface area (Å²) in [4.78, 5) is 39.7. The first-order valence-corrected chi connectivity index (χ1v) is 9.15. The fourth-order valence-corrected chi connectivity index (χ4v) is 4.19. The fourth-order valence-electron chi connectivity index (χ4n) is 4.19. The average Bonchev–Trinajstić information content (AvgIpc) is 2.95. The van der Waals surface area contributed by atoms with Crippen molar-refractivity contribution in [2.75, 3.05) is 0 Å². The summed E-state index contributed by atoms with van der Waals surface area (Å²) < 4.78 is 1.05. The summed E-state index contributed by atoms with van der Waals surface area (Å²) in [7, 11) is 0. The quantitative estimate of drug-likeness (QED) is 0.685. The molecule has 2 aromatic carbocycles. The number of hydrogen-bond donors (Lipinski definition) is 1. The minimum absolute atomic E-state index is 0.273. The van der Waals surface area contributed by atoms with Crippen LogP contribution >= 0.6 is 0 Å². The van der Waals surface area contributed by atoms with Gasteiger partial charge < -0.3 is 5.32 Å². The number of hydrogen-bond acceptors (Lipinski definition) is 5. The third-order valence-electron chi connectivity index (χ3n) is 5.56. The molecule has 1 spiro atoms. The maximum atomic E-state index is 13.3. The maximum absolute atomic E-state index is 13.3. The molecule has 0 radical (unpaired) electrons. The highest BCUT2D eigenvalue weighted by Gasteiger charge is 2.54. The summed E-state index contributed by atoms with van der Waals surface area (Å²) in [5.74, 6) is -0.355. The third kappa shape index (κ3) is 2.27. The summed E-state index contributed by atoms with van der Waals surface area (Å²) in [6.45, 7) is -0.273. The Balaban J connectivity index is 1.54. The molecule has 28 heavy (non-hydrogen) atoms. The lowest BCUT2D eigenvalue weighted by molar-refractivity contribution is -0.133. The van der Waals surface area contributed by atoms with E-state index in [0.29, 0.717) is 17.3 Å². The number of aryl methyl sites for hydroxylation is 1. The van der Waals surface area contributed by atoms with E-state index < -0.39 is 17.1 Å². The molecule has 1 N–H and O–H groups in total. The van der Waals surface area contributed by atoms with Crippen LogP contribution in [0.3, 0.4) is 0 Å². The van der Waals surface area contributed by atoms with E-state index in [0.717, 1.165) is 33.6 Å². The number of carbonyl (C=O) groups excluding carboxylic acids is 2. The van der Waals surface area contributed by atoms with Gasteiger partial charge in [-0.25, -0.2) is 9.69 Å². The summed E-state index contributed by atoms with van der Waals surface area (Å²) in [6.07, 6.45) is 2.20. The zero-order chi connectivity index (χ0) is 19.3. The first-order chi connectivity index (χ1) is 13.6. The van der Waals surface area contributed by atoms with Crippen LogP contribution in [-0.4, -0.2) is 31.8 Å². The minimum Gasteiger partial charge on any atom is -0.319 e. The number of rotatable bonds is 2. The molecule has 8 nitrogen and oxygen atoms in total. The highest BCUT2D eigenvalue weighted by atomic mass is 16.2. The number of amides is 3. The lowest BCUT2D eigenvalue weighted by Gasteiger charge is -2.33. The van der Waals surface area contributed by atoms with Gasteiger partial charge in [-0.2, -0.15) is 4.68 Å². The Labute approximate surface area is 159 Å². The summed E-state index contributed by atoms with van der Waals surface area (Å²) in [5.41, 5.74) is 0.903. The van der Waals surface area contributed by atoms with Crippen molar-refractivity contribution in [3.8, 4) is 0 Å². The van der Waals surface area contributed by atoms with Crippen molar-refractivity contribution in [2.24, 2.45) is 0 Å². The van der Waals surface area contributed by atoms with Gasteiger partial charge in [-0.05, 0) is 42.5 Å². The van der Waals surface area contributed by atoms with Crippen LogP contribution in [-0.2, 0) is 23.4 Å². The first-order valence-electron chi connectivity index (χ1n) is 9.15. The smallest absolute Gasteiger partial charge is 0.319 e. The van der Waals surface area contributed by atoms with E-state index in [1.165, 1.54) is 0 Å². The van der Waals surface area contributed by atoms with Crippen LogP contribution in [0.2, 0.25) is 0 Å². The number of nitrogens with one attached hydrogen (secondary N) is 1. The number of benzene rings is 2. The van der Waals surface area contributed by atoms with Crippen LogP contribution in [0.15, 0.2) is 53.3 Å². The van der Waals surface area contributed by atoms with Crippen LogP contribution in [0.25, 0.3) is 10.9 Å². The van der Waals surface area contributed by atoms with Gasteiger partial charge in [0.25, 0.3) is 11.5 Å². The molecule has 8 heteroatoms. The van der Waals surface area contributed by atoms with E-state index >= 15 is 0 Å². The summed E-state index contributed by atoms with van der Waals surface area (Å²) >= 11 is 0. The number of imide groups is 1. The topological polar surface area (TPSA) is 97.2 Å². The monoisotopic (exact) mass is 375 g/mol. The normalized spacial score (nSPS) is 21.2. The Morgan fingerprint density at radius 3 is 2.71 bits per heavy atom. The van der Waals surface area contributed by atoms with Gasteiger partial charge >= 0.3 is 6.03 Å².